The molecule has 20 heavy (non-hydrogen) atoms. The van der Waals surface area contributed by atoms with Crippen molar-refractivity contribution >= 4 is 11.9 Å². The molecule has 0 aromatic carbocycles. The zero-order valence-corrected chi connectivity index (χ0v) is 13.0. The highest BCUT2D eigenvalue weighted by Gasteiger charge is 2.02. The number of esters is 2. The Morgan fingerprint density at radius 2 is 1.45 bits per heavy atom. The minimum atomic E-state index is -0.495. The molecule has 0 saturated heterocycles. The maximum Gasteiger partial charge on any atom is 0.331 e. The van der Waals surface area contributed by atoms with Crippen molar-refractivity contribution in [3.8, 4) is 0 Å². The van der Waals surface area contributed by atoms with Gasteiger partial charge in [-0.25, -0.2) is 9.59 Å². The summed E-state index contributed by atoms with van der Waals surface area (Å²) in [7, 11) is 0. The summed E-state index contributed by atoms with van der Waals surface area (Å²) in [5.74, 6) is -0.490. The molecular weight excluding hydrogens is 256 g/mol. The molecule has 0 unspecified atom stereocenters. The molecule has 0 rings (SSSR count). The summed E-state index contributed by atoms with van der Waals surface area (Å²) >= 11 is 0. The Hall–Kier alpha value is -1.32. The highest BCUT2D eigenvalue weighted by Crippen LogP contribution is 2.02. The number of hydrogen-bond donors (Lipinski definition) is 0. The third-order valence-electron chi connectivity index (χ3n) is 2.79. The van der Waals surface area contributed by atoms with Crippen LogP contribution in [0.5, 0.6) is 0 Å². The summed E-state index contributed by atoms with van der Waals surface area (Å²) in [4.78, 5) is 22.6. The molecule has 4 nitrogen and oxygen atoms in total. The number of unbranched alkanes of at least 4 members (excludes halogenated alkanes) is 4. The van der Waals surface area contributed by atoms with Gasteiger partial charge in [0.05, 0.1) is 13.2 Å². The molecule has 0 amide bonds. The molecule has 0 saturated carbocycles. The smallest absolute Gasteiger partial charge is 0.331 e. The first-order valence-electron chi connectivity index (χ1n) is 7.57. The van der Waals surface area contributed by atoms with E-state index >= 15 is 0 Å². The molecule has 0 heterocycles. The van der Waals surface area contributed by atoms with Crippen molar-refractivity contribution in [3.05, 3.63) is 12.2 Å². The Morgan fingerprint density at radius 1 is 0.900 bits per heavy atom. The zero-order valence-electron chi connectivity index (χ0n) is 13.0. The summed E-state index contributed by atoms with van der Waals surface area (Å²) in [6.07, 6.45) is 8.61. The average molecular weight is 284 g/mol. The SMILES string of the molecule is CCCCCCCOC(=O)/C=C\C(=O)OCCC(C)C. The largest absolute Gasteiger partial charge is 0.463 e. The van der Waals surface area contributed by atoms with Crippen molar-refractivity contribution < 1.29 is 19.1 Å². The second kappa shape index (κ2) is 12.7. The fourth-order valence-corrected chi connectivity index (χ4v) is 1.51. The van der Waals surface area contributed by atoms with Crippen LogP contribution in [0, 0.1) is 5.92 Å². The van der Waals surface area contributed by atoms with E-state index in [-0.39, 0.29) is 0 Å². The molecule has 0 aliphatic heterocycles. The third-order valence-corrected chi connectivity index (χ3v) is 2.79. The third kappa shape index (κ3) is 13.1. The van der Waals surface area contributed by atoms with Crippen LogP contribution in [0.1, 0.15) is 59.3 Å². The molecule has 0 aromatic rings. The lowest BCUT2D eigenvalue weighted by Gasteiger charge is -2.04. The molecule has 0 aromatic heterocycles. The number of hydrogen-bond acceptors (Lipinski definition) is 4. The van der Waals surface area contributed by atoms with Gasteiger partial charge >= 0.3 is 11.9 Å². The first-order chi connectivity index (χ1) is 9.56. The monoisotopic (exact) mass is 284 g/mol. The van der Waals surface area contributed by atoms with Crippen LogP contribution in [0.2, 0.25) is 0 Å². The van der Waals surface area contributed by atoms with Gasteiger partial charge in [-0.3, -0.25) is 0 Å². The van der Waals surface area contributed by atoms with Crippen molar-refractivity contribution in [3.63, 3.8) is 0 Å². The first kappa shape index (κ1) is 18.7. The highest BCUT2D eigenvalue weighted by molar-refractivity contribution is 5.91. The van der Waals surface area contributed by atoms with Crippen molar-refractivity contribution in [1.82, 2.24) is 0 Å². The van der Waals surface area contributed by atoms with E-state index in [1.807, 2.05) is 0 Å². The maximum atomic E-state index is 11.3. The minimum absolute atomic E-state index is 0.382. The van der Waals surface area contributed by atoms with Crippen LogP contribution in [0.4, 0.5) is 0 Å². The lowest BCUT2D eigenvalue weighted by atomic mass is 10.1. The summed E-state index contributed by atoms with van der Waals surface area (Å²) < 4.78 is 9.92. The Kier molecular flexibility index (Phi) is 11.9. The summed E-state index contributed by atoms with van der Waals surface area (Å²) in [6, 6.07) is 0. The van der Waals surface area contributed by atoms with Crippen molar-refractivity contribution in [2.45, 2.75) is 59.3 Å². The normalized spacial score (nSPS) is 11.0. The second-order valence-corrected chi connectivity index (χ2v) is 5.27. The van der Waals surface area contributed by atoms with Crippen LogP contribution in [0.25, 0.3) is 0 Å². The van der Waals surface area contributed by atoms with Gasteiger partial charge in [0.25, 0.3) is 0 Å². The molecule has 116 valence electrons. The minimum Gasteiger partial charge on any atom is -0.463 e. The summed E-state index contributed by atoms with van der Waals surface area (Å²) in [5, 5.41) is 0. The Bertz CT molecular complexity index is 295. The Balaban J connectivity index is 3.58. The molecule has 0 aliphatic rings. The standard InChI is InChI=1S/C16H28O4/c1-4-5-6-7-8-12-19-15(17)9-10-16(18)20-13-11-14(2)3/h9-10,14H,4-8,11-13H2,1-3H3/b10-9-. The predicted octanol–water partition coefficient (Wildman–Crippen LogP) is 3.65. The molecule has 0 radical (unpaired) electrons. The van der Waals surface area contributed by atoms with E-state index in [2.05, 4.69) is 20.8 Å². The van der Waals surface area contributed by atoms with Crippen LogP contribution < -0.4 is 0 Å². The maximum absolute atomic E-state index is 11.3. The first-order valence-corrected chi connectivity index (χ1v) is 7.57. The molecule has 0 N–H and O–H groups in total. The van der Waals surface area contributed by atoms with Gasteiger partial charge in [0.15, 0.2) is 0 Å². The molecule has 0 aliphatic carbocycles. The van der Waals surface area contributed by atoms with E-state index in [0.717, 1.165) is 31.4 Å². The van der Waals surface area contributed by atoms with E-state index in [1.54, 1.807) is 0 Å². The van der Waals surface area contributed by atoms with E-state index in [9.17, 15) is 9.59 Å². The Morgan fingerprint density at radius 3 is 2.00 bits per heavy atom. The lowest BCUT2D eigenvalue weighted by Crippen LogP contribution is -2.07. The number of carbonyl (C=O) groups is 2. The fraction of sp³-hybridized carbons (Fsp3) is 0.750. The van der Waals surface area contributed by atoms with Gasteiger partial charge in [0, 0.05) is 12.2 Å². The van der Waals surface area contributed by atoms with Gasteiger partial charge in [-0.1, -0.05) is 46.5 Å². The summed E-state index contributed by atoms with van der Waals surface area (Å²) in [5.41, 5.74) is 0. The van der Waals surface area contributed by atoms with Crippen molar-refractivity contribution in [1.29, 1.82) is 0 Å². The van der Waals surface area contributed by atoms with Gasteiger partial charge in [-0.05, 0) is 18.8 Å². The zero-order chi connectivity index (χ0) is 15.2. The molecule has 4 heteroatoms. The van der Waals surface area contributed by atoms with E-state index in [4.69, 9.17) is 9.47 Å². The van der Waals surface area contributed by atoms with E-state index in [0.29, 0.717) is 19.1 Å². The Labute approximate surface area is 122 Å². The van der Waals surface area contributed by atoms with Crippen LogP contribution in [0.15, 0.2) is 12.2 Å². The van der Waals surface area contributed by atoms with Crippen molar-refractivity contribution in [2.24, 2.45) is 5.92 Å². The van der Waals surface area contributed by atoms with Gasteiger partial charge < -0.3 is 9.47 Å². The quantitative estimate of drug-likeness (QED) is 0.330. The molecule has 0 fully saturated rings. The highest BCUT2D eigenvalue weighted by atomic mass is 16.5. The number of ether oxygens (including phenoxy) is 2. The van der Waals surface area contributed by atoms with Crippen LogP contribution in [-0.2, 0) is 19.1 Å². The van der Waals surface area contributed by atoms with Crippen molar-refractivity contribution in [2.75, 3.05) is 13.2 Å². The van der Waals surface area contributed by atoms with Crippen LogP contribution in [0.3, 0.4) is 0 Å². The van der Waals surface area contributed by atoms with Gasteiger partial charge in [-0.15, -0.1) is 0 Å². The van der Waals surface area contributed by atoms with Gasteiger partial charge in [0.1, 0.15) is 0 Å². The number of carbonyl (C=O) groups excluding carboxylic acids is 2. The van der Waals surface area contributed by atoms with Crippen LogP contribution in [-0.4, -0.2) is 25.2 Å². The fourth-order valence-electron chi connectivity index (χ4n) is 1.51. The van der Waals surface area contributed by atoms with Gasteiger partial charge in [-0.2, -0.15) is 0 Å². The van der Waals surface area contributed by atoms with Crippen LogP contribution >= 0.6 is 0 Å². The number of rotatable bonds is 11. The van der Waals surface area contributed by atoms with Gasteiger partial charge in [0.2, 0.25) is 0 Å². The topological polar surface area (TPSA) is 52.6 Å². The average Bonchev–Trinajstić information content (AvgIpc) is 2.40. The molecule has 0 atom stereocenters. The van der Waals surface area contributed by atoms with E-state index < -0.39 is 11.9 Å². The molecular formula is C16H28O4. The lowest BCUT2D eigenvalue weighted by molar-refractivity contribution is -0.140. The predicted molar refractivity (Wildman–Crippen MR) is 79.3 cm³/mol. The summed E-state index contributed by atoms with van der Waals surface area (Å²) in [6.45, 7) is 7.07. The molecule has 0 bridgehead atoms. The van der Waals surface area contributed by atoms with E-state index in [1.165, 1.54) is 19.3 Å². The molecule has 0 spiro atoms. The second-order valence-electron chi connectivity index (χ2n) is 5.27.